The van der Waals surface area contributed by atoms with Crippen LogP contribution in [-0.4, -0.2) is 26.4 Å². The van der Waals surface area contributed by atoms with Gasteiger partial charge in [0.05, 0.1) is 13.2 Å². The Balaban J connectivity index is 1.80. The number of hydrogen-bond donors (Lipinski definition) is 1. The Kier molecular flexibility index (Phi) is 1.62. The second kappa shape index (κ2) is 2.26. The van der Waals surface area contributed by atoms with Gasteiger partial charge in [0.1, 0.15) is 6.10 Å². The van der Waals surface area contributed by atoms with Crippen LogP contribution in [-0.2, 0) is 9.57 Å². The minimum Gasteiger partial charge on any atom is -0.371 e. The molecule has 1 aliphatic rings. The van der Waals surface area contributed by atoms with E-state index in [1.165, 1.54) is 0 Å². The third kappa shape index (κ3) is 1.87. The van der Waals surface area contributed by atoms with E-state index in [1.807, 2.05) is 0 Å². The fourth-order valence-corrected chi connectivity index (χ4v) is 0.341. The van der Waals surface area contributed by atoms with Gasteiger partial charge in [-0.1, -0.05) is 0 Å². The van der Waals surface area contributed by atoms with Crippen LogP contribution in [0.25, 0.3) is 0 Å². The molecule has 0 spiro atoms. The highest BCUT2D eigenvalue weighted by atomic mass is 16.7. The third-order valence-electron chi connectivity index (χ3n) is 0.816. The van der Waals surface area contributed by atoms with Crippen molar-refractivity contribution in [3.8, 4) is 0 Å². The summed E-state index contributed by atoms with van der Waals surface area (Å²) in [5.41, 5.74) is 2.56. The van der Waals surface area contributed by atoms with Crippen LogP contribution < -0.4 is 5.48 Å². The van der Waals surface area contributed by atoms with Crippen molar-refractivity contribution in [3.05, 3.63) is 0 Å². The molecule has 0 aromatic heterocycles. The van der Waals surface area contributed by atoms with Gasteiger partial charge in [-0.05, 0) is 0 Å². The van der Waals surface area contributed by atoms with Gasteiger partial charge in [0.25, 0.3) is 0 Å². The van der Waals surface area contributed by atoms with E-state index in [0.29, 0.717) is 12.7 Å². The quantitative estimate of drug-likeness (QED) is 0.387. The molecule has 0 radical (unpaired) electrons. The van der Waals surface area contributed by atoms with Gasteiger partial charge in [-0.15, -0.1) is 0 Å². The Morgan fingerprint density at radius 2 is 2.71 bits per heavy atom. The highest BCUT2D eigenvalue weighted by Gasteiger charge is 2.21. The van der Waals surface area contributed by atoms with Crippen LogP contribution in [0.1, 0.15) is 0 Å². The van der Waals surface area contributed by atoms with Crippen molar-refractivity contribution in [1.82, 2.24) is 5.48 Å². The van der Waals surface area contributed by atoms with Crippen molar-refractivity contribution in [2.45, 2.75) is 6.10 Å². The van der Waals surface area contributed by atoms with Gasteiger partial charge in [0.15, 0.2) is 0 Å². The molecule has 0 aromatic rings. The predicted octanol–water partition coefficient (Wildman–Crippen LogP) is -0.464. The van der Waals surface area contributed by atoms with Crippen LogP contribution in [0.4, 0.5) is 0 Å². The topological polar surface area (TPSA) is 33.8 Å². The van der Waals surface area contributed by atoms with Crippen LogP contribution >= 0.6 is 0 Å². The van der Waals surface area contributed by atoms with Gasteiger partial charge in [-0.25, -0.2) is 5.48 Å². The maximum atomic E-state index is 4.85. The van der Waals surface area contributed by atoms with Crippen molar-refractivity contribution in [2.24, 2.45) is 0 Å². The summed E-state index contributed by atoms with van der Waals surface area (Å²) in [7, 11) is 1.74. The van der Waals surface area contributed by atoms with E-state index in [9.17, 15) is 0 Å². The molecule has 1 fully saturated rings. The zero-order valence-electron chi connectivity index (χ0n) is 4.31. The van der Waals surface area contributed by atoms with E-state index >= 15 is 0 Å². The van der Waals surface area contributed by atoms with E-state index in [-0.39, 0.29) is 0 Å². The SMILES string of the molecule is CNOCC1CO1. The monoisotopic (exact) mass is 103 g/mol. The third-order valence-corrected chi connectivity index (χ3v) is 0.816. The maximum absolute atomic E-state index is 4.85. The number of ether oxygens (including phenoxy) is 1. The molecule has 1 aliphatic heterocycles. The molecule has 42 valence electrons. The van der Waals surface area contributed by atoms with Gasteiger partial charge < -0.3 is 4.74 Å². The zero-order chi connectivity index (χ0) is 5.11. The lowest BCUT2D eigenvalue weighted by Crippen LogP contribution is -2.11. The van der Waals surface area contributed by atoms with Gasteiger partial charge in [-0.3, -0.25) is 4.84 Å². The molecule has 0 bridgehead atoms. The van der Waals surface area contributed by atoms with Gasteiger partial charge >= 0.3 is 0 Å². The standard InChI is InChI=1S/C4H9NO2/c1-5-7-3-4-2-6-4/h4-5H,2-3H2,1H3. The smallest absolute Gasteiger partial charge is 0.106 e. The van der Waals surface area contributed by atoms with Crippen molar-refractivity contribution < 1.29 is 9.57 Å². The molecular weight excluding hydrogens is 94.0 g/mol. The minimum absolute atomic E-state index is 0.368. The van der Waals surface area contributed by atoms with Crippen molar-refractivity contribution >= 4 is 0 Å². The molecule has 0 saturated carbocycles. The maximum Gasteiger partial charge on any atom is 0.106 e. The van der Waals surface area contributed by atoms with Crippen LogP contribution in [0.2, 0.25) is 0 Å². The molecule has 1 N–H and O–H groups in total. The van der Waals surface area contributed by atoms with Crippen LogP contribution in [0.5, 0.6) is 0 Å². The van der Waals surface area contributed by atoms with Crippen LogP contribution in [0.15, 0.2) is 0 Å². The Morgan fingerprint density at radius 3 is 3.14 bits per heavy atom. The Hall–Kier alpha value is -0.120. The summed E-state index contributed by atoms with van der Waals surface area (Å²) in [6.07, 6.45) is 0.368. The van der Waals surface area contributed by atoms with E-state index < -0.39 is 0 Å². The molecule has 1 heterocycles. The lowest BCUT2D eigenvalue weighted by atomic mass is 10.5. The lowest BCUT2D eigenvalue weighted by molar-refractivity contribution is 0.0464. The van der Waals surface area contributed by atoms with E-state index in [2.05, 4.69) is 5.48 Å². The summed E-state index contributed by atoms with van der Waals surface area (Å²) in [4.78, 5) is 4.78. The lowest BCUT2D eigenvalue weighted by Gasteiger charge is -1.93. The molecule has 3 heteroatoms. The zero-order valence-corrected chi connectivity index (χ0v) is 4.31. The van der Waals surface area contributed by atoms with Crippen molar-refractivity contribution in [3.63, 3.8) is 0 Å². The average Bonchev–Trinajstić information content (AvgIpc) is 2.42. The largest absolute Gasteiger partial charge is 0.371 e. The van der Waals surface area contributed by atoms with Gasteiger partial charge in [0, 0.05) is 7.05 Å². The molecule has 3 nitrogen and oxygen atoms in total. The van der Waals surface area contributed by atoms with E-state index in [1.54, 1.807) is 7.05 Å². The second-order valence-electron chi connectivity index (χ2n) is 1.47. The average molecular weight is 103 g/mol. The van der Waals surface area contributed by atoms with Crippen molar-refractivity contribution in [2.75, 3.05) is 20.3 Å². The summed E-state index contributed by atoms with van der Waals surface area (Å²) < 4.78 is 4.85. The fraction of sp³-hybridized carbons (Fsp3) is 1.00. The minimum atomic E-state index is 0.368. The summed E-state index contributed by atoms with van der Waals surface area (Å²) >= 11 is 0. The summed E-state index contributed by atoms with van der Waals surface area (Å²) in [6, 6.07) is 0. The summed E-state index contributed by atoms with van der Waals surface area (Å²) in [6.45, 7) is 1.54. The molecule has 1 atom stereocenters. The highest BCUT2D eigenvalue weighted by molar-refractivity contribution is 4.66. The van der Waals surface area contributed by atoms with E-state index in [0.717, 1.165) is 6.61 Å². The Bertz CT molecular complexity index is 53.7. The molecule has 0 aromatic carbocycles. The first-order valence-corrected chi connectivity index (χ1v) is 2.33. The number of nitrogens with one attached hydrogen (secondary N) is 1. The molecule has 1 saturated heterocycles. The first kappa shape index (κ1) is 5.03. The molecule has 1 unspecified atom stereocenters. The summed E-state index contributed by atoms with van der Waals surface area (Å²) in [5.74, 6) is 0. The van der Waals surface area contributed by atoms with Crippen LogP contribution in [0, 0.1) is 0 Å². The second-order valence-corrected chi connectivity index (χ2v) is 1.47. The van der Waals surface area contributed by atoms with Crippen LogP contribution in [0.3, 0.4) is 0 Å². The summed E-state index contributed by atoms with van der Waals surface area (Å²) in [5, 5.41) is 0. The first-order valence-electron chi connectivity index (χ1n) is 2.33. The molecule has 1 rings (SSSR count). The van der Waals surface area contributed by atoms with E-state index in [4.69, 9.17) is 9.57 Å². The first-order chi connectivity index (χ1) is 3.43. The molecular formula is C4H9NO2. The number of hydroxylamine groups is 1. The Morgan fingerprint density at radius 1 is 2.00 bits per heavy atom. The normalized spacial score (nSPS) is 27.9. The molecule has 0 aliphatic carbocycles. The Labute approximate surface area is 42.6 Å². The number of epoxide rings is 1. The number of rotatable bonds is 3. The molecule has 7 heavy (non-hydrogen) atoms. The van der Waals surface area contributed by atoms with Gasteiger partial charge in [0.2, 0.25) is 0 Å². The predicted molar refractivity (Wildman–Crippen MR) is 24.8 cm³/mol. The fourth-order valence-electron chi connectivity index (χ4n) is 0.341. The van der Waals surface area contributed by atoms with Crippen molar-refractivity contribution in [1.29, 1.82) is 0 Å². The van der Waals surface area contributed by atoms with Gasteiger partial charge in [-0.2, -0.15) is 0 Å². The number of hydrogen-bond acceptors (Lipinski definition) is 3. The highest BCUT2D eigenvalue weighted by Crippen LogP contribution is 2.06. The molecule has 0 amide bonds.